The van der Waals surface area contributed by atoms with E-state index < -0.39 is 0 Å². The van der Waals surface area contributed by atoms with Crippen LogP contribution in [0.2, 0.25) is 0 Å². The topological polar surface area (TPSA) is 104 Å². The highest BCUT2D eigenvalue weighted by atomic mass is 127. The van der Waals surface area contributed by atoms with Crippen LogP contribution in [-0.4, -0.2) is 34.9 Å². The Bertz CT molecular complexity index is 793. The van der Waals surface area contributed by atoms with Gasteiger partial charge in [-0.3, -0.25) is 4.99 Å². The number of nitrogen functional groups attached to an aromatic ring is 1. The van der Waals surface area contributed by atoms with E-state index >= 15 is 0 Å². The Balaban J connectivity index is 0.00000392. The molecule has 1 unspecified atom stereocenters. The normalized spacial score (nSPS) is 12.0. The zero-order chi connectivity index (χ0) is 19.6. The second kappa shape index (κ2) is 12.2. The van der Waals surface area contributed by atoms with E-state index in [1.165, 1.54) is 0 Å². The van der Waals surface area contributed by atoms with Crippen molar-refractivity contribution in [1.82, 2.24) is 20.4 Å². The summed E-state index contributed by atoms with van der Waals surface area (Å²) in [5.41, 5.74) is 8.16. The van der Waals surface area contributed by atoms with Crippen LogP contribution >= 0.6 is 24.0 Å². The van der Waals surface area contributed by atoms with Crippen LogP contribution in [0.25, 0.3) is 5.69 Å². The predicted octanol–water partition coefficient (Wildman–Crippen LogP) is 3.23. The highest BCUT2D eigenvalue weighted by Gasteiger charge is 2.16. The molecule has 0 saturated carbocycles. The maximum absolute atomic E-state index is 9.47. The number of benzene rings is 1. The van der Waals surface area contributed by atoms with Crippen LogP contribution in [0.15, 0.2) is 35.3 Å². The van der Waals surface area contributed by atoms with E-state index in [1.54, 1.807) is 4.68 Å². The summed E-state index contributed by atoms with van der Waals surface area (Å²) in [4.78, 5) is 4.61. The quantitative estimate of drug-likeness (QED) is 0.226. The molecule has 28 heavy (non-hydrogen) atoms. The maximum Gasteiger partial charge on any atom is 0.191 e. The first-order valence-electron chi connectivity index (χ1n) is 9.48. The van der Waals surface area contributed by atoms with Crippen molar-refractivity contribution in [3.8, 4) is 11.8 Å². The third-order valence-corrected chi connectivity index (χ3v) is 4.29. The van der Waals surface area contributed by atoms with Crippen molar-refractivity contribution in [2.45, 2.75) is 46.1 Å². The smallest absolute Gasteiger partial charge is 0.191 e. The molecule has 152 valence electrons. The summed E-state index contributed by atoms with van der Waals surface area (Å²) in [6, 6.07) is 12.2. The second-order valence-electron chi connectivity index (χ2n) is 6.38. The summed E-state index contributed by atoms with van der Waals surface area (Å²) in [6.45, 7) is 7.78. The van der Waals surface area contributed by atoms with Crippen LogP contribution < -0.4 is 16.4 Å². The van der Waals surface area contributed by atoms with Crippen LogP contribution in [-0.2, 0) is 6.42 Å². The third-order valence-electron chi connectivity index (χ3n) is 4.29. The summed E-state index contributed by atoms with van der Waals surface area (Å²) in [5.74, 6) is 1.20. The minimum Gasteiger partial charge on any atom is -0.382 e. The van der Waals surface area contributed by atoms with Gasteiger partial charge in [-0.05, 0) is 45.2 Å². The molecule has 0 amide bonds. The fraction of sp³-hybridized carbons (Fsp3) is 0.450. The number of rotatable bonds is 8. The monoisotopic (exact) mass is 495 g/mol. The van der Waals surface area contributed by atoms with E-state index in [9.17, 15) is 5.26 Å². The van der Waals surface area contributed by atoms with Gasteiger partial charge in [0.2, 0.25) is 0 Å². The van der Waals surface area contributed by atoms with Gasteiger partial charge < -0.3 is 16.4 Å². The molecule has 2 rings (SSSR count). The van der Waals surface area contributed by atoms with Crippen molar-refractivity contribution < 1.29 is 0 Å². The molecule has 2 aromatic rings. The number of anilines is 1. The maximum atomic E-state index is 9.47. The van der Waals surface area contributed by atoms with E-state index in [1.807, 2.05) is 37.3 Å². The molecule has 0 aliphatic carbocycles. The van der Waals surface area contributed by atoms with Gasteiger partial charge in [0, 0.05) is 19.1 Å². The zero-order valence-electron chi connectivity index (χ0n) is 16.8. The second-order valence-corrected chi connectivity index (χ2v) is 6.38. The average molecular weight is 495 g/mol. The number of para-hydroxylation sites is 1. The standard InChI is InChI=1S/C20H29N7.HI/c1-4-15(3)25-20(23-5-2)24-13-9-12-18-17(14-21)19(22)27(26-18)16-10-7-6-8-11-16;/h6-8,10-11,15H,4-5,9,12-13,22H2,1-3H3,(H2,23,24,25);1H. The number of hydrogen-bond acceptors (Lipinski definition) is 4. The highest BCUT2D eigenvalue weighted by Crippen LogP contribution is 2.21. The minimum atomic E-state index is 0. The molecule has 0 fully saturated rings. The van der Waals surface area contributed by atoms with Crippen molar-refractivity contribution in [3.05, 3.63) is 41.6 Å². The average Bonchev–Trinajstić information content (AvgIpc) is 3.01. The van der Waals surface area contributed by atoms with Gasteiger partial charge in [0.25, 0.3) is 0 Å². The number of aliphatic imine (C=N–C) groups is 1. The minimum absolute atomic E-state index is 0. The SMILES string of the molecule is CCNC(=NCCCc1nn(-c2ccccc2)c(N)c1C#N)NC(C)CC.I. The zero-order valence-corrected chi connectivity index (χ0v) is 19.1. The molecule has 1 aromatic carbocycles. The summed E-state index contributed by atoms with van der Waals surface area (Å²) < 4.78 is 1.63. The molecule has 1 heterocycles. The Morgan fingerprint density at radius 1 is 1.32 bits per heavy atom. The third kappa shape index (κ3) is 6.41. The van der Waals surface area contributed by atoms with Gasteiger partial charge in [-0.25, -0.2) is 4.68 Å². The molecule has 7 nitrogen and oxygen atoms in total. The molecular formula is C20H30IN7. The molecule has 0 saturated heterocycles. The lowest BCUT2D eigenvalue weighted by Crippen LogP contribution is -2.42. The van der Waals surface area contributed by atoms with Gasteiger partial charge in [0.05, 0.1) is 11.4 Å². The van der Waals surface area contributed by atoms with E-state index in [0.717, 1.165) is 31.0 Å². The molecule has 1 atom stereocenters. The molecule has 0 aliphatic heterocycles. The number of nitrogens with one attached hydrogen (secondary N) is 2. The lowest BCUT2D eigenvalue weighted by atomic mass is 10.1. The van der Waals surface area contributed by atoms with E-state index in [0.29, 0.717) is 36.1 Å². The number of nitrogens with two attached hydrogens (primary N) is 1. The molecule has 0 bridgehead atoms. The van der Waals surface area contributed by atoms with Crippen LogP contribution in [0.3, 0.4) is 0 Å². The largest absolute Gasteiger partial charge is 0.382 e. The number of aryl methyl sites for hydroxylation is 1. The lowest BCUT2D eigenvalue weighted by molar-refractivity contribution is 0.623. The number of nitrogens with zero attached hydrogens (tertiary/aromatic N) is 4. The van der Waals surface area contributed by atoms with Crippen LogP contribution in [0.5, 0.6) is 0 Å². The van der Waals surface area contributed by atoms with Gasteiger partial charge in [-0.15, -0.1) is 24.0 Å². The van der Waals surface area contributed by atoms with Crippen molar-refractivity contribution in [3.63, 3.8) is 0 Å². The Hall–Kier alpha value is -2.28. The van der Waals surface area contributed by atoms with Gasteiger partial charge in [-0.2, -0.15) is 10.4 Å². The first kappa shape index (κ1) is 23.8. The Morgan fingerprint density at radius 3 is 2.64 bits per heavy atom. The highest BCUT2D eigenvalue weighted by molar-refractivity contribution is 14.0. The molecule has 0 aliphatic rings. The number of hydrogen-bond donors (Lipinski definition) is 3. The number of aromatic nitrogens is 2. The van der Waals surface area contributed by atoms with Crippen molar-refractivity contribution in [2.24, 2.45) is 4.99 Å². The summed E-state index contributed by atoms with van der Waals surface area (Å²) in [7, 11) is 0. The molecule has 0 spiro atoms. The van der Waals surface area contributed by atoms with E-state index in [-0.39, 0.29) is 24.0 Å². The van der Waals surface area contributed by atoms with Crippen molar-refractivity contribution >= 4 is 35.8 Å². The number of nitriles is 1. The molecular weight excluding hydrogens is 465 g/mol. The van der Waals surface area contributed by atoms with Gasteiger partial charge in [-0.1, -0.05) is 25.1 Å². The van der Waals surface area contributed by atoms with Crippen molar-refractivity contribution in [2.75, 3.05) is 18.8 Å². The Morgan fingerprint density at radius 2 is 2.04 bits per heavy atom. The molecule has 4 N–H and O–H groups in total. The summed E-state index contributed by atoms with van der Waals surface area (Å²) in [5, 5.41) is 20.6. The van der Waals surface area contributed by atoms with Crippen LogP contribution in [0, 0.1) is 11.3 Å². The van der Waals surface area contributed by atoms with Crippen molar-refractivity contribution in [1.29, 1.82) is 5.26 Å². The number of halogens is 1. The first-order valence-corrected chi connectivity index (χ1v) is 9.48. The summed E-state index contributed by atoms with van der Waals surface area (Å²) in [6.07, 6.45) is 2.47. The van der Waals surface area contributed by atoms with Crippen LogP contribution in [0.1, 0.15) is 44.9 Å². The summed E-state index contributed by atoms with van der Waals surface area (Å²) >= 11 is 0. The van der Waals surface area contributed by atoms with E-state index in [4.69, 9.17) is 5.73 Å². The Labute approximate surface area is 184 Å². The van der Waals surface area contributed by atoms with Gasteiger partial charge >= 0.3 is 0 Å². The van der Waals surface area contributed by atoms with E-state index in [2.05, 4.69) is 40.6 Å². The molecule has 0 radical (unpaired) electrons. The Kier molecular flexibility index (Phi) is 10.4. The number of guanidine groups is 1. The lowest BCUT2D eigenvalue weighted by Gasteiger charge is -2.16. The van der Waals surface area contributed by atoms with Gasteiger partial charge in [0.15, 0.2) is 5.96 Å². The first-order chi connectivity index (χ1) is 13.1. The predicted molar refractivity (Wildman–Crippen MR) is 125 cm³/mol. The fourth-order valence-corrected chi connectivity index (χ4v) is 2.63. The molecule has 8 heteroatoms. The van der Waals surface area contributed by atoms with Gasteiger partial charge in [0.1, 0.15) is 17.5 Å². The fourth-order valence-electron chi connectivity index (χ4n) is 2.63. The molecule has 1 aromatic heterocycles. The van der Waals surface area contributed by atoms with Crippen LogP contribution in [0.4, 0.5) is 5.82 Å².